The van der Waals surface area contributed by atoms with Crippen molar-refractivity contribution in [2.75, 3.05) is 14.1 Å². The fourth-order valence-electron chi connectivity index (χ4n) is 1.01. The summed E-state index contributed by atoms with van der Waals surface area (Å²) in [5.41, 5.74) is 2.03. The minimum atomic E-state index is 0.369. The molecule has 0 aliphatic heterocycles. The SMILES string of the molecule is Cc1cc(/C=C/N(C)C)c(N=O)cn1. The molecular formula is C10H13N3O. The first-order valence-electron chi connectivity index (χ1n) is 4.28. The van der Waals surface area contributed by atoms with E-state index in [1.807, 2.05) is 44.3 Å². The predicted molar refractivity (Wildman–Crippen MR) is 57.2 cm³/mol. The molecule has 4 nitrogen and oxygen atoms in total. The maximum atomic E-state index is 10.4. The van der Waals surface area contributed by atoms with Crippen LogP contribution in [0.4, 0.5) is 5.69 Å². The number of aromatic nitrogens is 1. The zero-order valence-corrected chi connectivity index (χ0v) is 8.56. The second kappa shape index (κ2) is 4.50. The van der Waals surface area contributed by atoms with E-state index in [0.29, 0.717) is 5.69 Å². The Morgan fingerprint density at radius 1 is 1.50 bits per heavy atom. The van der Waals surface area contributed by atoms with Crippen molar-refractivity contribution in [2.45, 2.75) is 6.92 Å². The van der Waals surface area contributed by atoms with E-state index in [0.717, 1.165) is 11.3 Å². The average molecular weight is 191 g/mol. The van der Waals surface area contributed by atoms with E-state index >= 15 is 0 Å². The predicted octanol–water partition coefficient (Wildman–Crippen LogP) is 2.32. The summed E-state index contributed by atoms with van der Waals surface area (Å²) < 4.78 is 0. The third-order valence-corrected chi connectivity index (χ3v) is 1.70. The fraction of sp³-hybridized carbons (Fsp3) is 0.300. The number of nitroso groups, excluding NO2 is 1. The second-order valence-electron chi connectivity index (χ2n) is 3.26. The molecule has 1 heterocycles. The molecule has 0 amide bonds. The summed E-state index contributed by atoms with van der Waals surface area (Å²) in [6.45, 7) is 1.88. The monoisotopic (exact) mass is 191 g/mol. The minimum absolute atomic E-state index is 0.369. The first-order chi connectivity index (χ1) is 6.63. The van der Waals surface area contributed by atoms with Crippen LogP contribution in [0.3, 0.4) is 0 Å². The van der Waals surface area contributed by atoms with Crippen LogP contribution in [0, 0.1) is 11.8 Å². The van der Waals surface area contributed by atoms with Gasteiger partial charge in [-0.1, -0.05) is 0 Å². The molecule has 0 bridgehead atoms. The van der Waals surface area contributed by atoms with Gasteiger partial charge >= 0.3 is 0 Å². The smallest absolute Gasteiger partial charge is 0.133 e. The van der Waals surface area contributed by atoms with Crippen molar-refractivity contribution in [3.63, 3.8) is 0 Å². The summed E-state index contributed by atoms with van der Waals surface area (Å²) in [4.78, 5) is 16.3. The van der Waals surface area contributed by atoms with Crippen LogP contribution in [-0.2, 0) is 0 Å². The van der Waals surface area contributed by atoms with Gasteiger partial charge in [-0.15, -0.1) is 4.91 Å². The summed E-state index contributed by atoms with van der Waals surface area (Å²) in [5, 5.41) is 2.91. The van der Waals surface area contributed by atoms with E-state index in [4.69, 9.17) is 0 Å². The van der Waals surface area contributed by atoms with Crippen molar-refractivity contribution >= 4 is 11.8 Å². The molecule has 0 saturated heterocycles. The largest absolute Gasteiger partial charge is 0.383 e. The second-order valence-corrected chi connectivity index (χ2v) is 3.26. The molecule has 0 radical (unpaired) electrons. The average Bonchev–Trinajstić information content (AvgIpc) is 2.15. The zero-order chi connectivity index (χ0) is 10.6. The maximum absolute atomic E-state index is 10.4. The Morgan fingerprint density at radius 3 is 2.79 bits per heavy atom. The summed E-state index contributed by atoms with van der Waals surface area (Å²) in [7, 11) is 3.83. The Bertz CT molecular complexity index is 358. The highest BCUT2D eigenvalue weighted by molar-refractivity contribution is 5.62. The fourth-order valence-corrected chi connectivity index (χ4v) is 1.01. The molecule has 1 rings (SSSR count). The topological polar surface area (TPSA) is 45.6 Å². The molecule has 74 valence electrons. The Balaban J connectivity index is 3.04. The molecule has 1 aromatic heterocycles. The molecule has 14 heavy (non-hydrogen) atoms. The molecular weight excluding hydrogens is 178 g/mol. The van der Waals surface area contributed by atoms with Gasteiger partial charge in [0.1, 0.15) is 5.69 Å². The molecule has 0 atom stereocenters. The normalized spacial score (nSPS) is 10.5. The van der Waals surface area contributed by atoms with Crippen molar-refractivity contribution in [2.24, 2.45) is 5.18 Å². The van der Waals surface area contributed by atoms with Crippen LogP contribution in [0.2, 0.25) is 0 Å². The molecule has 4 heteroatoms. The van der Waals surface area contributed by atoms with Crippen LogP contribution in [0.1, 0.15) is 11.3 Å². The van der Waals surface area contributed by atoms with Crippen LogP contribution >= 0.6 is 0 Å². The lowest BCUT2D eigenvalue weighted by atomic mass is 10.2. The van der Waals surface area contributed by atoms with E-state index in [2.05, 4.69) is 10.2 Å². The molecule has 0 aliphatic carbocycles. The number of hydrogen-bond acceptors (Lipinski definition) is 4. The standard InChI is InChI=1S/C10H13N3O/c1-8-6-9(4-5-13(2)3)10(12-14)7-11-8/h4-7H,1-3H3/b5-4+. The van der Waals surface area contributed by atoms with Crippen molar-refractivity contribution in [1.82, 2.24) is 9.88 Å². The highest BCUT2D eigenvalue weighted by Crippen LogP contribution is 2.19. The molecule has 0 spiro atoms. The molecule has 0 unspecified atom stereocenters. The number of aryl methyl sites for hydroxylation is 1. The van der Waals surface area contributed by atoms with E-state index in [-0.39, 0.29) is 0 Å². The highest BCUT2D eigenvalue weighted by atomic mass is 16.3. The van der Waals surface area contributed by atoms with Crippen molar-refractivity contribution in [1.29, 1.82) is 0 Å². The first-order valence-corrected chi connectivity index (χ1v) is 4.28. The maximum Gasteiger partial charge on any atom is 0.133 e. The van der Waals surface area contributed by atoms with Crippen molar-refractivity contribution in [3.8, 4) is 0 Å². The Kier molecular flexibility index (Phi) is 3.34. The van der Waals surface area contributed by atoms with E-state index in [9.17, 15) is 4.91 Å². The van der Waals surface area contributed by atoms with Crippen LogP contribution in [-0.4, -0.2) is 24.0 Å². The van der Waals surface area contributed by atoms with Gasteiger partial charge in [-0.2, -0.15) is 0 Å². The summed E-state index contributed by atoms with van der Waals surface area (Å²) in [6.07, 6.45) is 5.19. The van der Waals surface area contributed by atoms with Crippen molar-refractivity contribution in [3.05, 3.63) is 34.6 Å². The third kappa shape index (κ3) is 2.65. The Hall–Kier alpha value is -1.71. The van der Waals surface area contributed by atoms with Gasteiger partial charge in [0.25, 0.3) is 0 Å². The van der Waals surface area contributed by atoms with Gasteiger partial charge in [-0.25, -0.2) is 0 Å². The van der Waals surface area contributed by atoms with Crippen LogP contribution in [0.5, 0.6) is 0 Å². The van der Waals surface area contributed by atoms with Crippen LogP contribution in [0.25, 0.3) is 6.08 Å². The van der Waals surface area contributed by atoms with Gasteiger partial charge in [-0.05, 0) is 30.4 Å². The van der Waals surface area contributed by atoms with Crippen LogP contribution < -0.4 is 0 Å². The molecule has 0 aromatic carbocycles. The zero-order valence-electron chi connectivity index (χ0n) is 8.56. The summed E-state index contributed by atoms with van der Waals surface area (Å²) in [6, 6.07) is 1.83. The van der Waals surface area contributed by atoms with E-state index in [1.54, 1.807) is 0 Å². The number of hydrogen-bond donors (Lipinski definition) is 0. The van der Waals surface area contributed by atoms with Crippen molar-refractivity contribution < 1.29 is 0 Å². The first kappa shape index (κ1) is 10.4. The van der Waals surface area contributed by atoms with Gasteiger partial charge in [0.05, 0.1) is 6.20 Å². The van der Waals surface area contributed by atoms with E-state index < -0.39 is 0 Å². The lowest BCUT2D eigenvalue weighted by Gasteiger charge is -2.04. The molecule has 0 fully saturated rings. The molecule has 0 saturated carbocycles. The lowest BCUT2D eigenvalue weighted by Crippen LogP contribution is -1.99. The number of nitrogens with zero attached hydrogens (tertiary/aromatic N) is 3. The quantitative estimate of drug-likeness (QED) is 0.689. The summed E-state index contributed by atoms with van der Waals surface area (Å²) >= 11 is 0. The third-order valence-electron chi connectivity index (χ3n) is 1.70. The van der Waals surface area contributed by atoms with Gasteiger partial charge < -0.3 is 4.90 Å². The Morgan fingerprint density at radius 2 is 2.21 bits per heavy atom. The van der Waals surface area contributed by atoms with Crippen LogP contribution in [0.15, 0.2) is 23.6 Å². The van der Waals surface area contributed by atoms with E-state index in [1.165, 1.54) is 6.20 Å². The number of rotatable bonds is 3. The highest BCUT2D eigenvalue weighted by Gasteiger charge is 2.00. The number of pyridine rings is 1. The Labute approximate surface area is 83.2 Å². The van der Waals surface area contributed by atoms with Gasteiger partial charge in [0, 0.05) is 25.4 Å². The minimum Gasteiger partial charge on any atom is -0.383 e. The molecule has 1 aromatic rings. The molecule has 0 aliphatic rings. The summed E-state index contributed by atoms with van der Waals surface area (Å²) in [5.74, 6) is 0. The molecule has 0 N–H and O–H groups in total. The van der Waals surface area contributed by atoms with Gasteiger partial charge in [0.2, 0.25) is 0 Å². The van der Waals surface area contributed by atoms with Gasteiger partial charge in [-0.3, -0.25) is 4.98 Å². The lowest BCUT2D eigenvalue weighted by molar-refractivity contribution is 0.567. The van der Waals surface area contributed by atoms with Gasteiger partial charge in [0.15, 0.2) is 0 Å².